The first-order valence-electron chi connectivity index (χ1n) is 47.4. The average molecular weight is 1850 g/mol. The Bertz CT molecular complexity index is 4980. The van der Waals surface area contributed by atoms with Crippen LogP contribution in [0.4, 0.5) is 70.2 Å². The van der Waals surface area contributed by atoms with Gasteiger partial charge in [-0.3, -0.25) is 0 Å². The van der Waals surface area contributed by atoms with E-state index in [0.717, 1.165) is 153 Å². The first-order chi connectivity index (χ1) is 60.6. The molecule has 0 bridgehead atoms. The summed E-state index contributed by atoms with van der Waals surface area (Å²) in [4.78, 5) is 0. The van der Waals surface area contributed by atoms with Crippen molar-refractivity contribution in [2.75, 3.05) is 0 Å². The van der Waals surface area contributed by atoms with Gasteiger partial charge >= 0.3 is 0 Å². The minimum atomic E-state index is -2.53. The second-order valence-corrected chi connectivity index (χ2v) is 59.3. The number of unbranched alkanes of at least 4 members (excludes halogenated alkanes) is 20. The van der Waals surface area contributed by atoms with Gasteiger partial charge < -0.3 is 0 Å². The van der Waals surface area contributed by atoms with Crippen molar-refractivity contribution in [1.29, 1.82) is 0 Å². The predicted octanol–water partition coefficient (Wildman–Crippen LogP) is 36.9. The molecule has 0 spiro atoms. The normalized spacial score (nSPS) is 12.5. The number of hydrogen-bond donors (Lipinski definition) is 0. The van der Waals surface area contributed by atoms with Gasteiger partial charge in [0.05, 0.1) is 0 Å². The minimum Gasteiger partial charge on any atom is -0.203 e. The van der Waals surface area contributed by atoms with Crippen molar-refractivity contribution < 1.29 is 70.2 Å². The van der Waals surface area contributed by atoms with Crippen LogP contribution in [0.15, 0.2) is 48.5 Å². The minimum absolute atomic E-state index is 0.184. The van der Waals surface area contributed by atoms with Crippen LogP contribution in [0.1, 0.15) is 315 Å². The van der Waals surface area contributed by atoms with Crippen LogP contribution in [0, 0.1) is 139 Å². The first-order valence-corrected chi connectivity index (χ1v) is 56.9. The van der Waals surface area contributed by atoms with Crippen LogP contribution in [0.25, 0.3) is 86.2 Å². The maximum Gasteiger partial charge on any atom is 0.198 e. The summed E-state index contributed by atoms with van der Waals surface area (Å²) in [6.45, 7) is 43.2. The quantitative estimate of drug-likeness (QED) is 0.00698. The Labute approximate surface area is 754 Å². The van der Waals surface area contributed by atoms with Gasteiger partial charge in [0, 0.05) is 65.3 Å². The van der Waals surface area contributed by atoms with Crippen LogP contribution < -0.4 is 0 Å². The molecular formula is C108H132F16Si4. The fraction of sp³-hybridized carbons (Fsp3) is 0.519. The van der Waals surface area contributed by atoms with Gasteiger partial charge in [-0.2, -0.15) is 0 Å². The summed E-state index contributed by atoms with van der Waals surface area (Å²) in [5, 5.41) is -2.50. The molecule has 0 radical (unpaired) electrons. The molecule has 10 aromatic rings. The van der Waals surface area contributed by atoms with Gasteiger partial charge in [0.2, 0.25) is 0 Å². The van der Waals surface area contributed by atoms with Gasteiger partial charge in [-0.05, 0) is 160 Å². The summed E-state index contributed by atoms with van der Waals surface area (Å²) in [7, 11) is -10.1. The second-order valence-electron chi connectivity index (χ2n) is 38.8. The Morgan fingerprint density at radius 2 is 0.289 bits per heavy atom. The fourth-order valence-electron chi connectivity index (χ4n) is 20.2. The molecule has 0 atom stereocenters. The zero-order valence-corrected chi connectivity index (χ0v) is 83.1. The van der Waals surface area contributed by atoms with Crippen LogP contribution >= 0.6 is 0 Å². The van der Waals surface area contributed by atoms with Gasteiger partial charge in [-0.15, -0.1) is 22.2 Å². The summed E-state index contributed by atoms with van der Waals surface area (Å²) < 4.78 is 247. The summed E-state index contributed by atoms with van der Waals surface area (Å²) in [6.07, 6.45) is 26.3. The Morgan fingerprint density at radius 3 is 0.406 bits per heavy atom. The van der Waals surface area contributed by atoms with Crippen molar-refractivity contribution in [1.82, 2.24) is 0 Å². The number of halogens is 16. The van der Waals surface area contributed by atoms with E-state index in [9.17, 15) is 35.1 Å². The Balaban J connectivity index is 0.000000289. The summed E-state index contributed by atoms with van der Waals surface area (Å²) in [5.74, 6) is -14.7. The van der Waals surface area contributed by atoms with Crippen molar-refractivity contribution in [2.45, 2.75) is 361 Å². The lowest BCUT2D eigenvalue weighted by atomic mass is 9.88. The highest BCUT2D eigenvalue weighted by Crippen LogP contribution is 2.48. The molecule has 0 fully saturated rings. The Kier molecular flexibility index (Phi) is 36.7. The van der Waals surface area contributed by atoms with Crippen molar-refractivity contribution in [3.05, 3.63) is 164 Å². The van der Waals surface area contributed by atoms with Gasteiger partial charge in [0.25, 0.3) is 0 Å². The van der Waals surface area contributed by atoms with Gasteiger partial charge in [0.1, 0.15) is 32.3 Å². The zero-order chi connectivity index (χ0) is 94.5. The van der Waals surface area contributed by atoms with Crippen molar-refractivity contribution in [3.63, 3.8) is 0 Å². The summed E-state index contributed by atoms with van der Waals surface area (Å²) >= 11 is 0. The Morgan fingerprint density at radius 1 is 0.172 bits per heavy atom. The second kappa shape index (κ2) is 45.1. The van der Waals surface area contributed by atoms with E-state index < -0.39 is 168 Å². The highest BCUT2D eigenvalue weighted by Gasteiger charge is 2.43. The van der Waals surface area contributed by atoms with E-state index >= 15 is 35.1 Å². The lowest BCUT2D eigenvalue weighted by Gasteiger charge is -2.34. The van der Waals surface area contributed by atoms with Crippen molar-refractivity contribution in [3.8, 4) is 45.9 Å². The molecule has 10 aromatic carbocycles. The van der Waals surface area contributed by atoms with E-state index in [2.05, 4.69) is 184 Å². The molecule has 0 aliphatic carbocycles. The smallest absolute Gasteiger partial charge is 0.198 e. The van der Waals surface area contributed by atoms with Crippen LogP contribution in [0.2, 0.25) is 68.5 Å². The van der Waals surface area contributed by atoms with E-state index in [-0.39, 0.29) is 110 Å². The van der Waals surface area contributed by atoms with Crippen molar-refractivity contribution >= 4 is 118 Å². The van der Waals surface area contributed by atoms with Crippen molar-refractivity contribution in [2.24, 2.45) is 0 Å². The first kappa shape index (κ1) is 104. The maximum absolute atomic E-state index is 15.8. The highest BCUT2D eigenvalue weighted by molar-refractivity contribution is 6.91. The van der Waals surface area contributed by atoms with Gasteiger partial charge in [0.15, 0.2) is 93.1 Å². The zero-order valence-electron chi connectivity index (χ0n) is 79.1. The molecule has 0 saturated carbocycles. The Hall–Kier alpha value is -7.73. The molecule has 0 aromatic heterocycles. The van der Waals surface area contributed by atoms with Gasteiger partial charge in [-0.25, -0.2) is 70.2 Å². The molecule has 0 N–H and O–H groups in total. The lowest BCUT2D eigenvalue weighted by Crippen LogP contribution is -2.40. The third-order valence-corrected chi connectivity index (χ3v) is 52.3. The molecule has 0 heterocycles. The molecule has 0 unspecified atom stereocenters. The van der Waals surface area contributed by atoms with Crippen LogP contribution in [-0.2, 0) is 0 Å². The van der Waals surface area contributed by atoms with Gasteiger partial charge in [-0.1, -0.05) is 316 Å². The molecule has 10 rings (SSSR count). The van der Waals surface area contributed by atoms with E-state index in [1.165, 1.54) is 74.2 Å². The standard InChI is InChI=1S/2C54H66F8Si2/c2*1-11-13-15-17-19-21-25-63(33(3)4,34(5)6)27-23-37-39-29-43-45(49(57)53(61)51(59)47(43)55)31-41(39)38(24-28-64(35(7)8,36(9)10)26-22-20-18-16-14-12-2)42-32-46-44(30-40(37)42)48(56)52(60)54(62)50(46)58/h2*29-36H,11-22,25-26H2,1-10H3. The molecule has 20 heteroatoms. The van der Waals surface area contributed by atoms with E-state index in [4.69, 9.17) is 0 Å². The van der Waals surface area contributed by atoms with Crippen LogP contribution in [0.5, 0.6) is 0 Å². The molecule has 692 valence electrons. The SMILES string of the molecule is CCCCCCCC[Si](C#Cc1c2cc3c(F)c(F)c(F)c(F)c3cc2c(C#C[Si](CCCCCCCC)(C(C)C)C(C)C)c2cc3c(F)c(F)c(F)c(F)c3cc12)(C(C)C)C(C)C.CCCCCCCC[Si](C#Cc1c2cc3c(F)c(F)c(F)c(F)c3cc2c(C#C[Si](CCCCCCCC)(C(C)C)C(C)C)c2cc3c(F)c(F)c(F)c(F)c3cc12)(C(C)C)C(C)C. The van der Waals surface area contributed by atoms with E-state index in [1.807, 2.05) is 0 Å². The molecule has 0 saturated heterocycles. The number of benzene rings is 10. The monoisotopic (exact) mass is 1840 g/mol. The maximum atomic E-state index is 15.8. The number of hydrogen-bond acceptors (Lipinski definition) is 0. The average Bonchev–Trinajstić information content (AvgIpc) is 0.718. The molecule has 0 aliphatic rings. The molecule has 0 nitrogen and oxygen atoms in total. The predicted molar refractivity (Wildman–Crippen MR) is 516 cm³/mol. The molecular weight excluding hydrogens is 1710 g/mol. The van der Waals surface area contributed by atoms with Crippen LogP contribution in [0.3, 0.4) is 0 Å². The summed E-state index contributed by atoms with van der Waals surface area (Å²) in [5.41, 5.74) is 17.3. The third kappa shape index (κ3) is 21.3. The molecule has 0 amide bonds. The lowest BCUT2D eigenvalue weighted by molar-refractivity contribution is 0.418. The van der Waals surface area contributed by atoms with E-state index in [1.54, 1.807) is 0 Å². The molecule has 0 aliphatic heterocycles. The van der Waals surface area contributed by atoms with E-state index in [0.29, 0.717) is 0 Å². The fourth-order valence-corrected chi connectivity index (χ4v) is 37.8. The number of rotatable bonds is 36. The molecule has 128 heavy (non-hydrogen) atoms. The van der Waals surface area contributed by atoms with Crippen LogP contribution in [-0.4, -0.2) is 32.3 Å². The topological polar surface area (TPSA) is 0 Å². The third-order valence-electron chi connectivity index (χ3n) is 28.7. The largest absolute Gasteiger partial charge is 0.203 e. The number of fused-ring (bicyclic) bond motifs is 8. The summed E-state index contributed by atoms with van der Waals surface area (Å²) in [6, 6.07) is 13.4. The highest BCUT2D eigenvalue weighted by atomic mass is 28.3.